The topological polar surface area (TPSA) is 93.8 Å². The zero-order chi connectivity index (χ0) is 29.8. The zero-order valence-electron chi connectivity index (χ0n) is 25.6. The van der Waals surface area contributed by atoms with Gasteiger partial charge in [0.1, 0.15) is 11.9 Å². The summed E-state index contributed by atoms with van der Waals surface area (Å²) in [6, 6.07) is 4.91. The van der Waals surface area contributed by atoms with Crippen molar-refractivity contribution in [3.05, 3.63) is 35.6 Å². The summed E-state index contributed by atoms with van der Waals surface area (Å²) >= 11 is 0. The van der Waals surface area contributed by atoms with Gasteiger partial charge in [0.15, 0.2) is 0 Å². The molecule has 1 aromatic rings. The highest BCUT2D eigenvalue weighted by atomic mass is 19.1. The number of nitrogens with zero attached hydrogens (tertiary/aromatic N) is 2. The predicted octanol–water partition coefficient (Wildman–Crippen LogP) is 3.11. The second-order valence-electron chi connectivity index (χ2n) is 13.8. The van der Waals surface area contributed by atoms with Gasteiger partial charge >= 0.3 is 0 Å². The van der Waals surface area contributed by atoms with E-state index in [0.717, 1.165) is 37.8 Å². The smallest absolute Gasteiger partial charge is 0.245 e. The van der Waals surface area contributed by atoms with Gasteiger partial charge in [-0.25, -0.2) is 4.39 Å². The molecule has 9 heteroatoms. The van der Waals surface area contributed by atoms with Crippen molar-refractivity contribution >= 4 is 17.7 Å². The third-order valence-corrected chi connectivity index (χ3v) is 9.37. The summed E-state index contributed by atoms with van der Waals surface area (Å²) in [4.78, 5) is 45.0. The molecule has 0 aromatic heterocycles. The normalized spacial score (nSPS) is 26.2. The van der Waals surface area contributed by atoms with Crippen molar-refractivity contribution in [2.75, 3.05) is 39.8 Å². The van der Waals surface area contributed by atoms with Crippen molar-refractivity contribution in [2.45, 2.75) is 90.3 Å². The minimum absolute atomic E-state index is 0.111. The van der Waals surface area contributed by atoms with Crippen molar-refractivity contribution in [2.24, 2.45) is 17.3 Å². The van der Waals surface area contributed by atoms with Crippen LogP contribution in [0, 0.1) is 23.1 Å². The van der Waals surface area contributed by atoms with Crippen LogP contribution in [0.4, 0.5) is 4.39 Å². The van der Waals surface area contributed by atoms with Gasteiger partial charge in [-0.15, -0.1) is 0 Å². The highest BCUT2D eigenvalue weighted by molar-refractivity contribution is 5.90. The molecule has 2 heterocycles. The first kappa shape index (κ1) is 31.4. The van der Waals surface area contributed by atoms with Crippen LogP contribution in [0.15, 0.2) is 24.3 Å². The lowest BCUT2D eigenvalue weighted by Crippen LogP contribution is -2.61. The minimum atomic E-state index is -0.770. The Bertz CT molecular complexity index is 1060. The summed E-state index contributed by atoms with van der Waals surface area (Å²) in [5, 5.41) is 9.54. The number of rotatable bonds is 7. The number of amides is 3. The van der Waals surface area contributed by atoms with Crippen LogP contribution in [-0.2, 0) is 20.8 Å². The van der Waals surface area contributed by atoms with Crippen molar-refractivity contribution in [1.29, 1.82) is 0 Å². The van der Waals surface area contributed by atoms with Crippen molar-refractivity contribution in [3.8, 4) is 0 Å². The van der Waals surface area contributed by atoms with Crippen LogP contribution in [0.25, 0.3) is 0 Å². The van der Waals surface area contributed by atoms with E-state index >= 15 is 0 Å². The standard InChI is InChI=1S/C32H50FN5O3/c1-22-6-10-24(11-7-22)32(30(41)36-31(2,3)4)14-17-38(18-15-32)29(40)26(20-23-8-12-25(33)13-9-23)35-28(39)27-21-37(5)19-16-34-27/h8-9,12-13,22,24,26-27,34H,6-7,10-11,14-21H2,1-5H3,(H,35,39)(H,36,41)/t22?,24?,26-,27+/m0/s1. The Morgan fingerprint density at radius 1 is 1.05 bits per heavy atom. The third kappa shape index (κ3) is 8.07. The Morgan fingerprint density at radius 2 is 1.68 bits per heavy atom. The largest absolute Gasteiger partial charge is 0.351 e. The Kier molecular flexibility index (Phi) is 10.1. The summed E-state index contributed by atoms with van der Waals surface area (Å²) < 4.78 is 13.6. The van der Waals surface area contributed by atoms with Gasteiger partial charge in [0, 0.05) is 44.7 Å². The van der Waals surface area contributed by atoms with E-state index in [1.165, 1.54) is 12.1 Å². The van der Waals surface area contributed by atoms with Crippen LogP contribution < -0.4 is 16.0 Å². The fourth-order valence-corrected chi connectivity index (χ4v) is 6.85. The van der Waals surface area contributed by atoms with Gasteiger partial charge in [-0.1, -0.05) is 31.9 Å². The highest BCUT2D eigenvalue weighted by Crippen LogP contribution is 2.47. The van der Waals surface area contributed by atoms with Crippen molar-refractivity contribution < 1.29 is 18.8 Å². The fraction of sp³-hybridized carbons (Fsp3) is 0.719. The number of nitrogens with one attached hydrogen (secondary N) is 3. The molecule has 3 fully saturated rings. The second kappa shape index (κ2) is 13.2. The SMILES string of the molecule is CC1CCC(C2(C(=O)NC(C)(C)C)CCN(C(=O)[C@H](Cc3ccc(F)cc3)NC(=O)[C@H]3CN(C)CCN3)CC2)CC1. The predicted molar refractivity (Wildman–Crippen MR) is 159 cm³/mol. The van der Waals surface area contributed by atoms with Gasteiger partial charge < -0.3 is 25.8 Å². The van der Waals surface area contributed by atoms with Crippen LogP contribution in [0.2, 0.25) is 0 Å². The summed E-state index contributed by atoms with van der Waals surface area (Å²) in [5.74, 6) is 0.416. The first-order valence-electron chi connectivity index (χ1n) is 15.4. The molecule has 3 N–H and O–H groups in total. The van der Waals surface area contributed by atoms with E-state index in [1.807, 2.05) is 32.7 Å². The molecule has 3 aliphatic rings. The Balaban J connectivity index is 1.50. The van der Waals surface area contributed by atoms with E-state index in [2.05, 4.69) is 27.8 Å². The molecule has 41 heavy (non-hydrogen) atoms. The number of carbonyl (C=O) groups is 3. The molecular formula is C32H50FN5O3. The molecule has 0 spiro atoms. The van der Waals surface area contributed by atoms with Gasteiger partial charge in [-0.3, -0.25) is 14.4 Å². The van der Waals surface area contributed by atoms with E-state index < -0.39 is 17.5 Å². The second-order valence-corrected chi connectivity index (χ2v) is 13.8. The number of hydrogen-bond acceptors (Lipinski definition) is 5. The van der Waals surface area contributed by atoms with Crippen molar-refractivity contribution in [1.82, 2.24) is 25.8 Å². The molecule has 2 atom stereocenters. The Morgan fingerprint density at radius 3 is 2.27 bits per heavy atom. The maximum atomic E-state index is 14.0. The summed E-state index contributed by atoms with van der Waals surface area (Å²) in [7, 11) is 1.98. The van der Waals surface area contributed by atoms with Gasteiger partial charge in [0.05, 0.1) is 11.5 Å². The number of piperidine rings is 1. The quantitative estimate of drug-likeness (QED) is 0.468. The fourth-order valence-electron chi connectivity index (χ4n) is 6.85. The molecule has 4 rings (SSSR count). The molecule has 228 valence electrons. The number of likely N-dealkylation sites (tertiary alicyclic amines) is 1. The number of halogens is 1. The minimum Gasteiger partial charge on any atom is -0.351 e. The van der Waals surface area contributed by atoms with E-state index in [4.69, 9.17) is 0 Å². The van der Waals surface area contributed by atoms with Gasteiger partial charge in [0.25, 0.3) is 0 Å². The van der Waals surface area contributed by atoms with Gasteiger partial charge in [-0.2, -0.15) is 0 Å². The molecule has 0 bridgehead atoms. The molecule has 1 saturated carbocycles. The summed E-state index contributed by atoms with van der Waals surface area (Å²) in [6.07, 6.45) is 5.86. The lowest BCUT2D eigenvalue weighted by molar-refractivity contribution is -0.147. The van der Waals surface area contributed by atoms with E-state index in [9.17, 15) is 18.8 Å². The molecule has 1 aromatic carbocycles. The molecule has 1 aliphatic carbocycles. The summed E-state index contributed by atoms with van der Waals surface area (Å²) in [5.41, 5.74) is -0.0349. The van der Waals surface area contributed by atoms with E-state index in [0.29, 0.717) is 50.9 Å². The first-order chi connectivity index (χ1) is 19.4. The number of benzene rings is 1. The molecule has 0 radical (unpaired) electrons. The maximum Gasteiger partial charge on any atom is 0.245 e. The molecule has 2 aliphatic heterocycles. The number of hydrogen-bond donors (Lipinski definition) is 3. The average Bonchev–Trinajstić information content (AvgIpc) is 2.93. The molecule has 8 nitrogen and oxygen atoms in total. The molecule has 2 saturated heterocycles. The number of piperazine rings is 1. The average molecular weight is 572 g/mol. The Hall–Kier alpha value is -2.52. The van der Waals surface area contributed by atoms with Crippen LogP contribution in [-0.4, -0.2) is 84.9 Å². The van der Waals surface area contributed by atoms with Crippen LogP contribution >= 0.6 is 0 Å². The van der Waals surface area contributed by atoms with Crippen LogP contribution in [0.5, 0.6) is 0 Å². The molecular weight excluding hydrogens is 521 g/mol. The number of carbonyl (C=O) groups excluding carboxylic acids is 3. The molecule has 3 amide bonds. The zero-order valence-corrected chi connectivity index (χ0v) is 25.6. The van der Waals surface area contributed by atoms with Gasteiger partial charge in [0.2, 0.25) is 17.7 Å². The van der Waals surface area contributed by atoms with Crippen LogP contribution in [0.1, 0.15) is 71.8 Å². The first-order valence-corrected chi connectivity index (χ1v) is 15.4. The van der Waals surface area contributed by atoms with Crippen molar-refractivity contribution in [3.63, 3.8) is 0 Å². The maximum absolute atomic E-state index is 14.0. The number of likely N-dealkylation sites (N-methyl/N-ethyl adjacent to an activating group) is 1. The summed E-state index contributed by atoms with van der Waals surface area (Å²) in [6.45, 7) is 11.4. The van der Waals surface area contributed by atoms with E-state index in [-0.39, 0.29) is 35.5 Å². The Labute approximate surface area is 245 Å². The highest BCUT2D eigenvalue weighted by Gasteiger charge is 2.49. The lowest BCUT2D eigenvalue weighted by Gasteiger charge is -2.48. The monoisotopic (exact) mass is 571 g/mol. The van der Waals surface area contributed by atoms with E-state index in [1.54, 1.807) is 12.1 Å². The van der Waals surface area contributed by atoms with Crippen LogP contribution in [0.3, 0.4) is 0 Å². The van der Waals surface area contributed by atoms with Gasteiger partial charge in [-0.05, 0) is 83.0 Å². The third-order valence-electron chi connectivity index (χ3n) is 9.37. The molecule has 0 unspecified atom stereocenters. The lowest BCUT2D eigenvalue weighted by atomic mass is 9.62.